The second-order valence-electron chi connectivity index (χ2n) is 15.5. The van der Waals surface area contributed by atoms with E-state index in [1.54, 1.807) is 16.7 Å². The van der Waals surface area contributed by atoms with Crippen LogP contribution in [0.1, 0.15) is 42.1 Å². The molecule has 1 aromatic heterocycles. The van der Waals surface area contributed by atoms with Gasteiger partial charge in [-0.3, -0.25) is 19.2 Å². The molecule has 1 saturated heterocycles. The molecule has 5 aromatic rings. The quantitative estimate of drug-likeness (QED) is 0.145. The van der Waals surface area contributed by atoms with Gasteiger partial charge in [-0.05, 0) is 78.0 Å². The first-order chi connectivity index (χ1) is 26.5. The first-order valence-corrected chi connectivity index (χ1v) is 22.4. The number of para-hydroxylation sites is 1. The lowest BCUT2D eigenvalue weighted by atomic mass is 9.82. The molecule has 3 aliphatic heterocycles. The molecule has 284 valence electrons. The Hall–Kier alpha value is -4.81. The van der Waals surface area contributed by atoms with Gasteiger partial charge in [0.05, 0.1) is 44.9 Å². The third kappa shape index (κ3) is 6.46. The Morgan fingerprint density at radius 1 is 0.982 bits per heavy atom. The van der Waals surface area contributed by atoms with E-state index in [4.69, 9.17) is 21.1 Å². The molecule has 55 heavy (non-hydrogen) atoms. The molecule has 1 fully saturated rings. The number of halogens is 1. The second kappa shape index (κ2) is 14.7. The Labute approximate surface area is 327 Å². The van der Waals surface area contributed by atoms with Crippen molar-refractivity contribution in [3.63, 3.8) is 0 Å². The van der Waals surface area contributed by atoms with E-state index >= 15 is 4.79 Å². The Morgan fingerprint density at radius 2 is 1.75 bits per heavy atom. The molecule has 0 radical (unpaired) electrons. The predicted molar refractivity (Wildman–Crippen MR) is 216 cm³/mol. The topological polar surface area (TPSA) is 110 Å². The van der Waals surface area contributed by atoms with Gasteiger partial charge in [-0.25, -0.2) is 0 Å². The lowest BCUT2D eigenvalue weighted by Crippen LogP contribution is -2.51. The van der Waals surface area contributed by atoms with Gasteiger partial charge in [-0.2, -0.15) is 0 Å². The zero-order valence-electron chi connectivity index (χ0n) is 31.6. The Balaban J connectivity index is 1.13. The summed E-state index contributed by atoms with van der Waals surface area (Å²) in [7, 11) is -0.686. The van der Waals surface area contributed by atoms with Gasteiger partial charge < -0.3 is 19.5 Å². The number of fused-ring (bicyclic) bond motifs is 3. The van der Waals surface area contributed by atoms with Crippen LogP contribution < -0.4 is 19.7 Å². The first kappa shape index (κ1) is 37.1. The molecule has 3 aliphatic rings. The first-order valence-electron chi connectivity index (χ1n) is 19.0. The van der Waals surface area contributed by atoms with Crippen LogP contribution >= 0.6 is 11.6 Å². The maximum absolute atomic E-state index is 15.2. The maximum atomic E-state index is 15.2. The molecule has 4 aromatic carbocycles. The molecular formula is C43H46ClN5O5Si. The smallest absolute Gasteiger partial charge is 0.264 e. The van der Waals surface area contributed by atoms with E-state index in [1.165, 1.54) is 5.19 Å². The van der Waals surface area contributed by atoms with Crippen LogP contribution in [0.25, 0.3) is 0 Å². The number of ether oxygens (including phenoxy) is 2. The van der Waals surface area contributed by atoms with E-state index in [1.807, 2.05) is 83.9 Å². The highest BCUT2D eigenvalue weighted by Gasteiger charge is 2.66. The monoisotopic (exact) mass is 775 g/mol. The van der Waals surface area contributed by atoms with Crippen molar-refractivity contribution >= 4 is 53.7 Å². The van der Waals surface area contributed by atoms with Crippen LogP contribution in [-0.4, -0.2) is 59.8 Å². The summed E-state index contributed by atoms with van der Waals surface area (Å²) in [6.45, 7) is 7.79. The van der Waals surface area contributed by atoms with Gasteiger partial charge in [0.1, 0.15) is 5.75 Å². The third-order valence-electron chi connectivity index (χ3n) is 12.0. The average molecular weight is 776 g/mol. The molecule has 0 saturated carbocycles. The van der Waals surface area contributed by atoms with E-state index in [0.29, 0.717) is 37.4 Å². The Bertz CT molecular complexity index is 2230. The van der Waals surface area contributed by atoms with E-state index in [2.05, 4.69) is 48.5 Å². The van der Waals surface area contributed by atoms with Crippen LogP contribution in [0.2, 0.25) is 23.7 Å². The van der Waals surface area contributed by atoms with E-state index in [9.17, 15) is 9.90 Å². The van der Waals surface area contributed by atoms with Gasteiger partial charge >= 0.3 is 0 Å². The van der Waals surface area contributed by atoms with Gasteiger partial charge in [-0.1, -0.05) is 84.5 Å². The van der Waals surface area contributed by atoms with Crippen LogP contribution in [0.3, 0.4) is 0 Å². The molecule has 4 atom stereocenters. The summed E-state index contributed by atoms with van der Waals surface area (Å²) in [5.41, 5.74) is 4.92. The SMILES string of the molecule is COc1ccc([Si](C)(C)[C@H]2[C@H](CCn3cc(CCO)nn3)O[C@@]3(C(=O)N(Cc4ccc(N5C(=O)CCc6ccccc65)cc4)c4ccc(Cl)cc43)[C@@H]2C)cc1. The van der Waals surface area contributed by atoms with Gasteiger partial charge in [0, 0.05) is 54.4 Å². The van der Waals surface area contributed by atoms with Crippen molar-refractivity contribution in [2.75, 3.05) is 23.5 Å². The molecule has 0 aliphatic carbocycles. The molecule has 0 bridgehead atoms. The number of carbonyl (C=O) groups excluding carboxylic acids is 2. The van der Waals surface area contributed by atoms with Crippen molar-refractivity contribution in [3.05, 3.63) is 125 Å². The van der Waals surface area contributed by atoms with Crippen LogP contribution in [0.4, 0.5) is 17.1 Å². The summed E-state index contributed by atoms with van der Waals surface area (Å²) in [5, 5.41) is 19.8. The van der Waals surface area contributed by atoms with Crippen molar-refractivity contribution in [1.29, 1.82) is 0 Å². The van der Waals surface area contributed by atoms with Crippen LogP contribution in [0, 0.1) is 5.92 Å². The number of hydrogen-bond donors (Lipinski definition) is 1. The Kier molecular flexibility index (Phi) is 9.91. The number of rotatable bonds is 11. The number of anilines is 3. The zero-order chi connectivity index (χ0) is 38.5. The number of aliphatic hydroxyl groups excluding tert-OH is 1. The number of aryl methyl sites for hydroxylation is 2. The summed E-state index contributed by atoms with van der Waals surface area (Å²) >= 11 is 6.73. The number of aromatic nitrogens is 3. The largest absolute Gasteiger partial charge is 0.497 e. The van der Waals surface area contributed by atoms with Crippen molar-refractivity contribution in [3.8, 4) is 5.75 Å². The summed E-state index contributed by atoms with van der Waals surface area (Å²) in [6, 6.07) is 30.0. The highest BCUT2D eigenvalue weighted by atomic mass is 35.5. The number of benzene rings is 4. The average Bonchev–Trinajstić information content (AvgIpc) is 3.84. The molecule has 1 N–H and O–H groups in total. The molecule has 1 spiro atoms. The number of methoxy groups -OCH3 is 1. The molecule has 8 rings (SSSR count). The maximum Gasteiger partial charge on any atom is 0.264 e. The number of amides is 2. The van der Waals surface area contributed by atoms with Crippen molar-refractivity contribution < 1.29 is 24.2 Å². The normalized spacial score (nSPS) is 22.0. The number of aliphatic hydroxyl groups is 1. The minimum atomic E-state index is -2.36. The van der Waals surface area contributed by atoms with Crippen molar-refractivity contribution in [1.82, 2.24) is 15.0 Å². The van der Waals surface area contributed by atoms with Crippen LogP contribution in [0.15, 0.2) is 97.2 Å². The number of carbonyl (C=O) groups is 2. The van der Waals surface area contributed by atoms with Gasteiger partial charge in [0.25, 0.3) is 5.91 Å². The standard InChI is InChI=1S/C43H46ClN5O5Si/c1-28-41(55(3,4)35-17-15-34(53-2)16-18-35)39(21-23-47-27-32(22-24-50)45-46-47)54-43(28)36-25-31(44)12-19-38(36)48(42(43)52)26-29-9-13-33(14-10-29)49-37-8-6-5-7-30(37)11-20-40(49)51/h5-10,12-19,25,27-28,39,41,50H,11,20-24,26H2,1-4H3/t28-,39+,41-,43+/m1/s1. The Morgan fingerprint density at radius 3 is 2.49 bits per heavy atom. The summed E-state index contributed by atoms with van der Waals surface area (Å²) in [4.78, 5) is 32.0. The fourth-order valence-electron chi connectivity index (χ4n) is 9.29. The molecule has 4 heterocycles. The fraction of sp³-hybridized carbons (Fsp3) is 0.349. The highest BCUT2D eigenvalue weighted by Crippen LogP contribution is 2.60. The minimum absolute atomic E-state index is 0.00552. The molecule has 2 amide bonds. The molecule has 0 unspecified atom stereocenters. The van der Waals surface area contributed by atoms with Crippen LogP contribution in [0.5, 0.6) is 5.75 Å². The van der Waals surface area contributed by atoms with E-state index in [0.717, 1.165) is 51.6 Å². The van der Waals surface area contributed by atoms with Gasteiger partial charge in [0.15, 0.2) is 5.60 Å². The van der Waals surface area contributed by atoms with Gasteiger partial charge in [-0.15, -0.1) is 5.10 Å². The summed E-state index contributed by atoms with van der Waals surface area (Å²) in [5.74, 6) is 0.581. The molecular weight excluding hydrogens is 730 g/mol. The molecule has 12 heteroatoms. The molecule has 10 nitrogen and oxygen atoms in total. The minimum Gasteiger partial charge on any atom is -0.497 e. The van der Waals surface area contributed by atoms with E-state index < -0.39 is 13.7 Å². The second-order valence-corrected chi connectivity index (χ2v) is 20.6. The van der Waals surface area contributed by atoms with Crippen molar-refractivity contribution in [2.45, 2.75) is 76.0 Å². The summed E-state index contributed by atoms with van der Waals surface area (Å²) < 4.78 is 14.6. The van der Waals surface area contributed by atoms with Gasteiger partial charge in [0.2, 0.25) is 5.91 Å². The highest BCUT2D eigenvalue weighted by molar-refractivity contribution is 6.91. The third-order valence-corrected chi connectivity index (χ3v) is 16.6. The predicted octanol–water partition coefficient (Wildman–Crippen LogP) is 6.94. The fourth-order valence-corrected chi connectivity index (χ4v) is 13.5. The lowest BCUT2D eigenvalue weighted by molar-refractivity contribution is -0.146. The lowest BCUT2D eigenvalue weighted by Gasteiger charge is -2.37. The van der Waals surface area contributed by atoms with Crippen molar-refractivity contribution in [2.24, 2.45) is 5.92 Å². The number of nitrogens with zero attached hydrogens (tertiary/aromatic N) is 5. The number of hydrogen-bond acceptors (Lipinski definition) is 7. The summed E-state index contributed by atoms with van der Waals surface area (Å²) in [6.07, 6.45) is 3.85. The van der Waals surface area contributed by atoms with Crippen LogP contribution in [-0.2, 0) is 45.9 Å². The zero-order valence-corrected chi connectivity index (χ0v) is 33.4. The van der Waals surface area contributed by atoms with E-state index in [-0.39, 0.29) is 36.0 Å².